The lowest BCUT2D eigenvalue weighted by atomic mass is 10.1. The van der Waals surface area contributed by atoms with Gasteiger partial charge in [0.15, 0.2) is 0 Å². The van der Waals surface area contributed by atoms with Crippen molar-refractivity contribution in [2.75, 3.05) is 17.3 Å². The van der Waals surface area contributed by atoms with E-state index in [4.69, 9.17) is 0 Å². The van der Waals surface area contributed by atoms with Crippen molar-refractivity contribution in [1.82, 2.24) is 9.97 Å². The van der Waals surface area contributed by atoms with Crippen LogP contribution < -0.4 is 10.2 Å². The minimum Gasteiger partial charge on any atom is -0.340 e. The minimum atomic E-state index is -4.57. The van der Waals surface area contributed by atoms with Gasteiger partial charge in [0.25, 0.3) is 0 Å². The molecule has 8 heteroatoms. The second-order valence-corrected chi connectivity index (χ2v) is 7.78. The third-order valence-corrected chi connectivity index (χ3v) is 5.07. The van der Waals surface area contributed by atoms with Crippen molar-refractivity contribution < 1.29 is 13.2 Å². The van der Waals surface area contributed by atoms with Crippen molar-refractivity contribution in [3.8, 4) is 0 Å². The van der Waals surface area contributed by atoms with Crippen molar-refractivity contribution >= 4 is 45.7 Å². The van der Waals surface area contributed by atoms with Gasteiger partial charge in [0.05, 0.1) is 0 Å². The van der Waals surface area contributed by atoms with E-state index in [1.807, 2.05) is 36.4 Å². The number of rotatable bonds is 6. The molecular formula is C21H20F3IN4. The van der Waals surface area contributed by atoms with Gasteiger partial charge in [0.2, 0.25) is 5.95 Å². The summed E-state index contributed by atoms with van der Waals surface area (Å²) >= 11 is 2.13. The van der Waals surface area contributed by atoms with Crippen LogP contribution in [0.15, 0.2) is 54.7 Å². The van der Waals surface area contributed by atoms with Crippen molar-refractivity contribution in [2.45, 2.75) is 25.9 Å². The summed E-state index contributed by atoms with van der Waals surface area (Å²) in [6.07, 6.45) is -1.72. The van der Waals surface area contributed by atoms with Gasteiger partial charge in [0, 0.05) is 28.2 Å². The van der Waals surface area contributed by atoms with Crippen molar-refractivity contribution in [2.24, 2.45) is 0 Å². The zero-order valence-electron chi connectivity index (χ0n) is 16.0. The number of anilines is 4. The van der Waals surface area contributed by atoms with Crippen LogP contribution in [0, 0.1) is 3.57 Å². The minimum absolute atomic E-state index is 0.175. The van der Waals surface area contributed by atoms with E-state index in [2.05, 4.69) is 44.8 Å². The Hall–Kier alpha value is -2.36. The molecule has 1 N–H and O–H groups in total. The van der Waals surface area contributed by atoms with E-state index in [1.54, 1.807) is 24.1 Å². The van der Waals surface area contributed by atoms with Crippen LogP contribution >= 0.6 is 22.6 Å². The molecule has 3 rings (SSSR count). The zero-order valence-corrected chi connectivity index (χ0v) is 18.1. The normalized spacial score (nSPS) is 11.4. The Balaban J connectivity index is 1.94. The molecular weight excluding hydrogens is 492 g/mol. The van der Waals surface area contributed by atoms with Gasteiger partial charge in [0.1, 0.15) is 11.4 Å². The smallest absolute Gasteiger partial charge is 0.340 e. The molecule has 0 fully saturated rings. The van der Waals surface area contributed by atoms with E-state index in [-0.39, 0.29) is 11.8 Å². The lowest BCUT2D eigenvalue weighted by Gasteiger charge is -2.20. The van der Waals surface area contributed by atoms with Crippen LogP contribution in [0.5, 0.6) is 0 Å². The standard InChI is InChI=1S/C21H20F3IN4/c1-3-4-14-5-11-17(12-6-14)29(2)20-26-13-18(21(22,23)24)19(28-20)27-16-9-7-15(25)8-10-16/h5-13H,3-4H2,1-2H3,(H,26,27,28). The fourth-order valence-electron chi connectivity index (χ4n) is 2.80. The van der Waals surface area contributed by atoms with Crippen LogP contribution in [-0.4, -0.2) is 17.0 Å². The molecule has 0 aliphatic carbocycles. The third kappa shape index (κ3) is 5.37. The molecule has 3 aromatic rings. The maximum absolute atomic E-state index is 13.5. The maximum Gasteiger partial charge on any atom is 0.421 e. The number of nitrogens with one attached hydrogen (secondary N) is 1. The molecule has 0 saturated heterocycles. The van der Waals surface area contributed by atoms with Crippen molar-refractivity contribution in [3.63, 3.8) is 0 Å². The lowest BCUT2D eigenvalue weighted by Crippen LogP contribution is -2.17. The summed E-state index contributed by atoms with van der Waals surface area (Å²) in [7, 11) is 1.73. The van der Waals surface area contributed by atoms with Gasteiger partial charge in [-0.1, -0.05) is 25.5 Å². The van der Waals surface area contributed by atoms with Crippen LogP contribution in [-0.2, 0) is 12.6 Å². The molecule has 1 heterocycles. The highest BCUT2D eigenvalue weighted by atomic mass is 127. The molecule has 0 aliphatic heterocycles. The molecule has 0 bridgehead atoms. The number of benzene rings is 2. The van der Waals surface area contributed by atoms with Crippen LogP contribution in [0.2, 0.25) is 0 Å². The predicted molar refractivity (Wildman–Crippen MR) is 118 cm³/mol. The number of nitrogens with zero attached hydrogens (tertiary/aromatic N) is 3. The first kappa shape index (κ1) is 21.4. The Kier molecular flexibility index (Phi) is 6.61. The summed E-state index contributed by atoms with van der Waals surface area (Å²) in [5.74, 6) is -0.104. The Bertz CT molecular complexity index is 957. The molecule has 29 heavy (non-hydrogen) atoms. The summed E-state index contributed by atoms with van der Waals surface area (Å²) in [6, 6.07) is 14.9. The molecule has 0 amide bonds. The Morgan fingerprint density at radius 3 is 2.28 bits per heavy atom. The topological polar surface area (TPSA) is 41.1 Å². The molecule has 0 atom stereocenters. The van der Waals surface area contributed by atoms with Crippen molar-refractivity contribution in [1.29, 1.82) is 0 Å². The second kappa shape index (κ2) is 8.98. The highest BCUT2D eigenvalue weighted by Crippen LogP contribution is 2.36. The summed E-state index contributed by atoms with van der Waals surface area (Å²) in [5.41, 5.74) is 1.61. The molecule has 0 radical (unpaired) electrons. The average Bonchev–Trinajstić information content (AvgIpc) is 2.69. The van der Waals surface area contributed by atoms with Crippen LogP contribution in [0.25, 0.3) is 0 Å². The largest absolute Gasteiger partial charge is 0.421 e. The van der Waals surface area contributed by atoms with Gasteiger partial charge in [-0.05, 0) is 71.0 Å². The van der Waals surface area contributed by atoms with Crippen LogP contribution in [0.4, 0.5) is 36.3 Å². The number of hydrogen-bond acceptors (Lipinski definition) is 4. The molecule has 0 unspecified atom stereocenters. The summed E-state index contributed by atoms with van der Waals surface area (Å²) in [5, 5.41) is 2.78. The quantitative estimate of drug-likeness (QED) is 0.380. The van der Waals surface area contributed by atoms with Gasteiger partial charge in [-0.3, -0.25) is 0 Å². The number of aromatic nitrogens is 2. The average molecular weight is 512 g/mol. The molecule has 0 aliphatic rings. The van der Waals surface area contributed by atoms with Gasteiger partial charge < -0.3 is 10.2 Å². The van der Waals surface area contributed by atoms with E-state index in [0.29, 0.717) is 5.69 Å². The number of aryl methyl sites for hydroxylation is 1. The molecule has 152 valence electrons. The Morgan fingerprint density at radius 1 is 1.03 bits per heavy atom. The monoisotopic (exact) mass is 512 g/mol. The van der Waals surface area contributed by atoms with Crippen LogP contribution in [0.1, 0.15) is 24.5 Å². The maximum atomic E-state index is 13.5. The molecule has 0 saturated carbocycles. The SMILES string of the molecule is CCCc1ccc(N(C)c2ncc(C(F)(F)F)c(Nc3ccc(I)cc3)n2)cc1. The lowest BCUT2D eigenvalue weighted by molar-refractivity contribution is -0.137. The molecule has 2 aromatic carbocycles. The third-order valence-electron chi connectivity index (χ3n) is 4.35. The van der Waals surface area contributed by atoms with Crippen LogP contribution in [0.3, 0.4) is 0 Å². The molecule has 0 spiro atoms. The number of alkyl halides is 3. The predicted octanol–water partition coefficient (Wildman–Crippen LogP) is 6.56. The first-order valence-electron chi connectivity index (χ1n) is 9.07. The first-order valence-corrected chi connectivity index (χ1v) is 10.2. The first-order chi connectivity index (χ1) is 13.8. The van der Waals surface area contributed by atoms with E-state index < -0.39 is 11.7 Å². The number of halogens is 4. The summed E-state index contributed by atoms with van der Waals surface area (Å²) in [4.78, 5) is 9.79. The highest BCUT2D eigenvalue weighted by molar-refractivity contribution is 14.1. The Morgan fingerprint density at radius 2 is 1.69 bits per heavy atom. The van der Waals surface area contributed by atoms with Gasteiger partial charge in [-0.2, -0.15) is 18.2 Å². The number of hydrogen-bond donors (Lipinski definition) is 1. The van der Waals surface area contributed by atoms with E-state index in [0.717, 1.165) is 28.3 Å². The summed E-state index contributed by atoms with van der Waals surface area (Å²) in [6.45, 7) is 2.11. The highest BCUT2D eigenvalue weighted by Gasteiger charge is 2.35. The summed E-state index contributed by atoms with van der Waals surface area (Å²) < 4.78 is 41.3. The van der Waals surface area contributed by atoms with E-state index >= 15 is 0 Å². The van der Waals surface area contributed by atoms with Gasteiger partial charge in [-0.25, -0.2) is 4.98 Å². The van der Waals surface area contributed by atoms with Gasteiger partial charge >= 0.3 is 6.18 Å². The molecule has 4 nitrogen and oxygen atoms in total. The second-order valence-electron chi connectivity index (χ2n) is 6.54. The fourth-order valence-corrected chi connectivity index (χ4v) is 3.16. The van der Waals surface area contributed by atoms with Gasteiger partial charge in [-0.15, -0.1) is 0 Å². The fraction of sp³-hybridized carbons (Fsp3) is 0.238. The Labute approximate surface area is 181 Å². The van der Waals surface area contributed by atoms with Crippen molar-refractivity contribution in [3.05, 3.63) is 69.4 Å². The zero-order chi connectivity index (χ0) is 21.0. The molecule has 1 aromatic heterocycles. The van der Waals surface area contributed by atoms with E-state index in [1.165, 1.54) is 5.56 Å². The van der Waals surface area contributed by atoms with E-state index in [9.17, 15) is 13.2 Å².